The lowest BCUT2D eigenvalue weighted by molar-refractivity contribution is 0.0537. The van der Waals surface area contributed by atoms with Crippen molar-refractivity contribution in [2.24, 2.45) is 0 Å². The maximum absolute atomic E-state index is 11.6. The molecule has 0 saturated carbocycles. The van der Waals surface area contributed by atoms with Gasteiger partial charge in [0.15, 0.2) is 11.5 Å². The van der Waals surface area contributed by atoms with Crippen LogP contribution in [0.25, 0.3) is 0 Å². The van der Waals surface area contributed by atoms with Crippen molar-refractivity contribution < 1.29 is 19.1 Å². The number of carbonyl (C=O) groups excluding carboxylic acids is 1. The molecule has 112 valence electrons. The second-order valence-electron chi connectivity index (χ2n) is 4.41. The van der Waals surface area contributed by atoms with Gasteiger partial charge in [-0.15, -0.1) is 0 Å². The summed E-state index contributed by atoms with van der Waals surface area (Å²) in [5.41, 5.74) is 2.72. The molecule has 5 nitrogen and oxygen atoms in total. The van der Waals surface area contributed by atoms with E-state index < -0.39 is 0 Å². The van der Waals surface area contributed by atoms with E-state index in [0.29, 0.717) is 23.7 Å². The summed E-state index contributed by atoms with van der Waals surface area (Å²) in [5.74, 6) is 0.877. The number of carbonyl (C=O) groups is 1. The third-order valence-corrected chi connectivity index (χ3v) is 2.88. The van der Waals surface area contributed by atoms with Gasteiger partial charge in [0.25, 0.3) is 5.91 Å². The molecule has 0 spiro atoms. The van der Waals surface area contributed by atoms with Gasteiger partial charge in [-0.2, -0.15) is 0 Å². The minimum atomic E-state index is -0.319. The standard InChI is InChI=1S/C15H23NO4/c1-4-5-6-7-10-20-13-9-8-12(11-14(13)18-2)15(17)16-19-3/h8-9,11H,4-7,10H2,1-3H3,(H,16,17). The number of hydrogen-bond donors (Lipinski definition) is 1. The normalized spacial score (nSPS) is 10.2. The monoisotopic (exact) mass is 281 g/mol. The van der Waals surface area contributed by atoms with Gasteiger partial charge >= 0.3 is 0 Å². The fourth-order valence-corrected chi connectivity index (χ4v) is 1.79. The molecular formula is C15H23NO4. The summed E-state index contributed by atoms with van der Waals surface area (Å²) in [4.78, 5) is 16.2. The van der Waals surface area contributed by atoms with Gasteiger partial charge in [-0.1, -0.05) is 26.2 Å². The number of amides is 1. The van der Waals surface area contributed by atoms with E-state index in [1.165, 1.54) is 20.0 Å². The molecule has 1 aromatic rings. The Hall–Kier alpha value is -1.75. The lowest BCUT2D eigenvalue weighted by Gasteiger charge is -2.12. The number of methoxy groups -OCH3 is 1. The molecule has 0 heterocycles. The van der Waals surface area contributed by atoms with Gasteiger partial charge in [-0.3, -0.25) is 9.63 Å². The molecular weight excluding hydrogens is 258 g/mol. The van der Waals surface area contributed by atoms with Crippen molar-refractivity contribution in [3.63, 3.8) is 0 Å². The zero-order valence-electron chi connectivity index (χ0n) is 12.4. The molecule has 5 heteroatoms. The minimum absolute atomic E-state index is 0.319. The maximum atomic E-state index is 11.6. The van der Waals surface area contributed by atoms with Gasteiger partial charge in [0.1, 0.15) is 0 Å². The van der Waals surface area contributed by atoms with E-state index in [4.69, 9.17) is 9.47 Å². The fourth-order valence-electron chi connectivity index (χ4n) is 1.79. The highest BCUT2D eigenvalue weighted by Crippen LogP contribution is 2.28. The average molecular weight is 281 g/mol. The molecule has 0 unspecified atom stereocenters. The first kappa shape index (κ1) is 16.3. The van der Waals surface area contributed by atoms with Gasteiger partial charge in [-0.25, -0.2) is 5.48 Å². The third-order valence-electron chi connectivity index (χ3n) is 2.88. The van der Waals surface area contributed by atoms with Crippen molar-refractivity contribution in [1.82, 2.24) is 5.48 Å². The van der Waals surface area contributed by atoms with Crippen LogP contribution in [0.2, 0.25) is 0 Å². The minimum Gasteiger partial charge on any atom is -0.493 e. The van der Waals surface area contributed by atoms with Crippen LogP contribution in [0.3, 0.4) is 0 Å². The quantitative estimate of drug-likeness (QED) is 0.558. The van der Waals surface area contributed by atoms with Gasteiger partial charge in [-0.05, 0) is 24.6 Å². The highest BCUT2D eigenvalue weighted by molar-refractivity contribution is 5.94. The van der Waals surface area contributed by atoms with E-state index in [9.17, 15) is 4.79 Å². The van der Waals surface area contributed by atoms with Crippen LogP contribution in [0.15, 0.2) is 18.2 Å². The van der Waals surface area contributed by atoms with Crippen LogP contribution in [0.4, 0.5) is 0 Å². The first-order chi connectivity index (χ1) is 9.72. The van der Waals surface area contributed by atoms with Gasteiger partial charge in [0, 0.05) is 5.56 Å². The van der Waals surface area contributed by atoms with Crippen LogP contribution in [0, 0.1) is 0 Å². The lowest BCUT2D eigenvalue weighted by Crippen LogP contribution is -2.21. The summed E-state index contributed by atoms with van der Waals surface area (Å²) in [5, 5.41) is 0. The number of nitrogens with one attached hydrogen (secondary N) is 1. The smallest absolute Gasteiger partial charge is 0.274 e. The summed E-state index contributed by atoms with van der Waals surface area (Å²) in [6.07, 6.45) is 4.60. The van der Waals surface area contributed by atoms with Crippen LogP contribution in [0.1, 0.15) is 43.0 Å². The predicted octanol–water partition coefficient (Wildman–Crippen LogP) is 2.95. The van der Waals surface area contributed by atoms with Crippen LogP contribution < -0.4 is 15.0 Å². The van der Waals surface area contributed by atoms with Crippen LogP contribution in [-0.4, -0.2) is 26.7 Å². The predicted molar refractivity (Wildman–Crippen MR) is 77.1 cm³/mol. The molecule has 0 atom stereocenters. The maximum Gasteiger partial charge on any atom is 0.274 e. The topological polar surface area (TPSA) is 56.8 Å². The molecule has 1 N–H and O–H groups in total. The summed E-state index contributed by atoms with van der Waals surface area (Å²) in [7, 11) is 2.94. The average Bonchev–Trinajstić information content (AvgIpc) is 2.47. The molecule has 0 saturated heterocycles. The Bertz CT molecular complexity index is 420. The van der Waals surface area contributed by atoms with Crippen molar-refractivity contribution in [3.8, 4) is 11.5 Å². The van der Waals surface area contributed by atoms with Crippen LogP contribution in [0.5, 0.6) is 11.5 Å². The lowest BCUT2D eigenvalue weighted by atomic mass is 10.2. The molecule has 1 amide bonds. The number of benzene rings is 1. The van der Waals surface area contributed by atoms with Crippen molar-refractivity contribution in [2.75, 3.05) is 20.8 Å². The van der Waals surface area contributed by atoms with Crippen LogP contribution >= 0.6 is 0 Å². The number of hydrogen-bond acceptors (Lipinski definition) is 4. The highest BCUT2D eigenvalue weighted by Gasteiger charge is 2.10. The van der Waals surface area contributed by atoms with Gasteiger partial charge in [0.2, 0.25) is 0 Å². The van der Waals surface area contributed by atoms with Crippen molar-refractivity contribution >= 4 is 5.91 Å². The Kier molecular flexibility index (Phi) is 7.50. The second-order valence-corrected chi connectivity index (χ2v) is 4.41. The molecule has 1 rings (SSSR count). The Labute approximate surface area is 120 Å². The second kappa shape index (κ2) is 9.20. The van der Waals surface area contributed by atoms with E-state index in [1.807, 2.05) is 0 Å². The largest absolute Gasteiger partial charge is 0.493 e. The van der Waals surface area contributed by atoms with E-state index in [2.05, 4.69) is 17.2 Å². The van der Waals surface area contributed by atoms with Gasteiger partial charge < -0.3 is 9.47 Å². The Morgan fingerprint density at radius 2 is 1.95 bits per heavy atom. The first-order valence-electron chi connectivity index (χ1n) is 6.87. The zero-order chi connectivity index (χ0) is 14.8. The summed E-state index contributed by atoms with van der Waals surface area (Å²) in [6.45, 7) is 2.83. The Morgan fingerprint density at radius 3 is 2.60 bits per heavy atom. The summed E-state index contributed by atoms with van der Waals surface area (Å²) in [6, 6.07) is 5.05. The van der Waals surface area contributed by atoms with Crippen molar-refractivity contribution in [2.45, 2.75) is 32.6 Å². The fraction of sp³-hybridized carbons (Fsp3) is 0.533. The molecule has 0 aliphatic carbocycles. The first-order valence-corrected chi connectivity index (χ1v) is 6.87. The molecule has 0 radical (unpaired) electrons. The number of rotatable bonds is 9. The van der Waals surface area contributed by atoms with E-state index >= 15 is 0 Å². The molecule has 0 aliphatic heterocycles. The molecule has 0 aliphatic rings. The Morgan fingerprint density at radius 1 is 1.15 bits per heavy atom. The highest BCUT2D eigenvalue weighted by atomic mass is 16.6. The van der Waals surface area contributed by atoms with Gasteiger partial charge in [0.05, 0.1) is 20.8 Å². The number of hydroxylamine groups is 1. The van der Waals surface area contributed by atoms with Crippen LogP contribution in [-0.2, 0) is 4.84 Å². The van der Waals surface area contributed by atoms with E-state index in [0.717, 1.165) is 12.8 Å². The SMILES string of the molecule is CCCCCCOc1ccc(C(=O)NOC)cc1OC. The molecule has 20 heavy (non-hydrogen) atoms. The summed E-state index contributed by atoms with van der Waals surface area (Å²) < 4.78 is 10.9. The number of unbranched alkanes of at least 4 members (excludes halogenated alkanes) is 3. The van der Waals surface area contributed by atoms with Crippen molar-refractivity contribution in [1.29, 1.82) is 0 Å². The molecule has 0 fully saturated rings. The molecule has 1 aromatic carbocycles. The van der Waals surface area contributed by atoms with Crippen molar-refractivity contribution in [3.05, 3.63) is 23.8 Å². The Balaban J connectivity index is 2.61. The molecule has 0 bridgehead atoms. The third kappa shape index (κ3) is 5.09. The summed E-state index contributed by atoms with van der Waals surface area (Å²) >= 11 is 0. The van der Waals surface area contributed by atoms with E-state index in [-0.39, 0.29) is 5.91 Å². The number of ether oxygens (including phenoxy) is 2. The zero-order valence-corrected chi connectivity index (χ0v) is 12.4. The van der Waals surface area contributed by atoms with E-state index in [1.54, 1.807) is 25.3 Å². The molecule has 0 aromatic heterocycles.